The maximum Gasteiger partial charge on any atom is 0.226 e. The summed E-state index contributed by atoms with van der Waals surface area (Å²) in [5.41, 5.74) is 3.17. The minimum atomic E-state index is -0.250. The lowest BCUT2D eigenvalue weighted by Gasteiger charge is -2.25. The van der Waals surface area contributed by atoms with Crippen LogP contribution in [0.2, 0.25) is 0 Å². The van der Waals surface area contributed by atoms with Gasteiger partial charge in [0, 0.05) is 17.9 Å². The number of hydrogen-bond donors (Lipinski definition) is 1. The van der Waals surface area contributed by atoms with E-state index in [9.17, 15) is 4.79 Å². The van der Waals surface area contributed by atoms with Crippen molar-refractivity contribution in [2.75, 3.05) is 26.6 Å². The van der Waals surface area contributed by atoms with Crippen LogP contribution >= 0.6 is 0 Å². The normalized spacial score (nSPS) is 15.4. The summed E-state index contributed by atoms with van der Waals surface area (Å²) >= 11 is 0. The van der Waals surface area contributed by atoms with Crippen molar-refractivity contribution >= 4 is 17.4 Å². The minimum Gasteiger partial charge on any atom is -0.493 e. The molecule has 1 aromatic carbocycles. The lowest BCUT2D eigenvalue weighted by atomic mass is 9.85. The van der Waals surface area contributed by atoms with E-state index in [0.717, 1.165) is 16.8 Å². The number of nitrogens with one attached hydrogen (secondary N) is 1. The van der Waals surface area contributed by atoms with Gasteiger partial charge in [0.2, 0.25) is 11.7 Å². The summed E-state index contributed by atoms with van der Waals surface area (Å²) in [4.78, 5) is 12.7. The van der Waals surface area contributed by atoms with Crippen molar-refractivity contribution in [3.05, 3.63) is 47.4 Å². The van der Waals surface area contributed by atoms with E-state index in [-0.39, 0.29) is 18.2 Å². The Bertz CT molecular complexity index is 1320. The lowest BCUT2D eigenvalue weighted by Crippen LogP contribution is -2.25. The summed E-state index contributed by atoms with van der Waals surface area (Å²) in [5.74, 6) is 2.30. The first-order valence-electron chi connectivity index (χ1n) is 9.90. The van der Waals surface area contributed by atoms with Crippen LogP contribution in [0.25, 0.3) is 11.5 Å². The van der Waals surface area contributed by atoms with Crippen LogP contribution < -0.4 is 19.5 Å². The molecule has 1 N–H and O–H groups in total. The minimum absolute atomic E-state index is 0.122. The number of ether oxygens (including phenoxy) is 3. The molecule has 1 unspecified atom stereocenters. The zero-order chi connectivity index (χ0) is 22.4. The number of anilines is 1. The molecule has 3 aromatic heterocycles. The molecule has 1 amide bonds. The second kappa shape index (κ2) is 7.52. The lowest BCUT2D eigenvalue weighted by molar-refractivity contribution is -0.116. The maximum absolute atomic E-state index is 12.7. The van der Waals surface area contributed by atoms with E-state index in [0.29, 0.717) is 34.5 Å². The number of benzene rings is 1. The number of aryl methyl sites for hydroxylation is 1. The highest BCUT2D eigenvalue weighted by Gasteiger charge is 2.34. The highest BCUT2D eigenvalue weighted by Crippen LogP contribution is 2.45. The number of rotatable bonds is 5. The SMILES string of the molecule is COc1cc(C2CC(=O)Nc3c2c(C)nn3-c2ccc3nncn3n2)cc(OC)c1OC. The second-order valence-corrected chi connectivity index (χ2v) is 7.35. The second-order valence-electron chi connectivity index (χ2n) is 7.35. The van der Waals surface area contributed by atoms with Crippen molar-refractivity contribution < 1.29 is 19.0 Å². The van der Waals surface area contributed by atoms with Crippen LogP contribution in [0.15, 0.2) is 30.6 Å². The monoisotopic (exact) mass is 435 g/mol. The summed E-state index contributed by atoms with van der Waals surface area (Å²) in [7, 11) is 4.69. The summed E-state index contributed by atoms with van der Waals surface area (Å²) in [6.07, 6.45) is 1.77. The highest BCUT2D eigenvalue weighted by molar-refractivity contribution is 5.95. The molecule has 0 fully saturated rings. The summed E-state index contributed by atoms with van der Waals surface area (Å²) in [6, 6.07) is 7.31. The molecule has 1 aliphatic heterocycles. The summed E-state index contributed by atoms with van der Waals surface area (Å²) in [5, 5.41) is 20.0. The molecule has 0 radical (unpaired) electrons. The van der Waals surface area contributed by atoms with Crippen LogP contribution in [-0.4, -0.2) is 56.8 Å². The topological polar surface area (TPSA) is 118 Å². The first kappa shape index (κ1) is 19.8. The molecule has 5 rings (SSSR count). The number of aromatic nitrogens is 6. The Kier molecular flexibility index (Phi) is 4.65. The molecule has 0 saturated heterocycles. The van der Waals surface area contributed by atoms with Crippen LogP contribution in [0.5, 0.6) is 17.2 Å². The van der Waals surface area contributed by atoms with Gasteiger partial charge < -0.3 is 19.5 Å². The van der Waals surface area contributed by atoms with Crippen LogP contribution in [0.4, 0.5) is 5.82 Å². The number of hydrogen-bond acceptors (Lipinski definition) is 8. The molecule has 4 aromatic rings. The Morgan fingerprint density at radius 2 is 1.81 bits per heavy atom. The third-order valence-corrected chi connectivity index (χ3v) is 5.56. The zero-order valence-corrected chi connectivity index (χ0v) is 18.0. The number of fused-ring (bicyclic) bond motifs is 2. The number of carbonyl (C=O) groups excluding carboxylic acids is 1. The van der Waals surface area contributed by atoms with Gasteiger partial charge in [0.15, 0.2) is 23.0 Å². The third kappa shape index (κ3) is 3.01. The first-order chi connectivity index (χ1) is 15.5. The van der Waals surface area contributed by atoms with Crippen LogP contribution in [0.3, 0.4) is 0 Å². The molecule has 0 aliphatic carbocycles. The third-order valence-electron chi connectivity index (χ3n) is 5.56. The van der Waals surface area contributed by atoms with E-state index in [1.54, 1.807) is 42.7 Å². The van der Waals surface area contributed by atoms with Crippen molar-refractivity contribution in [3.63, 3.8) is 0 Å². The fourth-order valence-corrected chi connectivity index (χ4v) is 4.13. The van der Waals surface area contributed by atoms with Crippen molar-refractivity contribution in [2.45, 2.75) is 19.3 Å². The predicted molar refractivity (Wildman–Crippen MR) is 114 cm³/mol. The van der Waals surface area contributed by atoms with E-state index >= 15 is 0 Å². The van der Waals surface area contributed by atoms with Gasteiger partial charge in [0.05, 0.1) is 27.0 Å². The number of carbonyl (C=O) groups is 1. The average molecular weight is 435 g/mol. The standard InChI is InChI=1S/C21H21N7O4/c1-11-19-13(12-7-14(30-2)20(32-4)15(8-12)31-3)9-18(29)23-21(19)28(25-11)17-6-5-16-24-22-10-27(16)26-17/h5-8,10,13H,9H2,1-4H3,(H,23,29). The molecule has 0 spiro atoms. The van der Waals surface area contributed by atoms with Gasteiger partial charge in [-0.2, -0.15) is 14.3 Å². The van der Waals surface area contributed by atoms with Gasteiger partial charge >= 0.3 is 0 Å². The van der Waals surface area contributed by atoms with Crippen LogP contribution in [-0.2, 0) is 4.79 Å². The average Bonchev–Trinajstić information content (AvgIpc) is 3.41. The highest BCUT2D eigenvalue weighted by atomic mass is 16.5. The Morgan fingerprint density at radius 3 is 2.50 bits per heavy atom. The quantitative estimate of drug-likeness (QED) is 0.507. The van der Waals surface area contributed by atoms with Gasteiger partial charge in [-0.25, -0.2) is 0 Å². The van der Waals surface area contributed by atoms with Crippen molar-refractivity contribution in [1.29, 1.82) is 0 Å². The Hall–Kier alpha value is -4.15. The largest absolute Gasteiger partial charge is 0.493 e. The molecular formula is C21H21N7O4. The van der Waals surface area contributed by atoms with E-state index in [4.69, 9.17) is 14.2 Å². The fourth-order valence-electron chi connectivity index (χ4n) is 4.13. The fraction of sp³-hybridized carbons (Fsp3) is 0.286. The molecule has 164 valence electrons. The molecule has 32 heavy (non-hydrogen) atoms. The van der Waals surface area contributed by atoms with E-state index in [1.807, 2.05) is 19.1 Å². The van der Waals surface area contributed by atoms with E-state index in [1.165, 1.54) is 6.33 Å². The molecule has 11 heteroatoms. The molecule has 0 bridgehead atoms. The number of methoxy groups -OCH3 is 3. The summed E-state index contributed by atoms with van der Waals surface area (Å²) in [6.45, 7) is 1.91. The zero-order valence-electron chi connectivity index (χ0n) is 18.0. The van der Waals surface area contributed by atoms with Gasteiger partial charge in [0.1, 0.15) is 12.1 Å². The van der Waals surface area contributed by atoms with Gasteiger partial charge in [-0.15, -0.1) is 15.3 Å². The number of amides is 1. The van der Waals surface area contributed by atoms with Gasteiger partial charge in [0.25, 0.3) is 0 Å². The summed E-state index contributed by atoms with van der Waals surface area (Å²) < 4.78 is 19.6. The molecule has 0 saturated carbocycles. The predicted octanol–water partition coefficient (Wildman–Crippen LogP) is 2.12. The van der Waals surface area contributed by atoms with Gasteiger partial charge in [-0.3, -0.25) is 4.79 Å². The number of nitrogens with zero attached hydrogens (tertiary/aromatic N) is 6. The Labute approximate surface area is 182 Å². The Morgan fingerprint density at radius 1 is 1.06 bits per heavy atom. The van der Waals surface area contributed by atoms with Crippen molar-refractivity contribution in [1.82, 2.24) is 29.6 Å². The van der Waals surface area contributed by atoms with Crippen LogP contribution in [0.1, 0.15) is 29.2 Å². The van der Waals surface area contributed by atoms with E-state index in [2.05, 4.69) is 25.7 Å². The molecule has 4 heterocycles. The van der Waals surface area contributed by atoms with Gasteiger partial charge in [-0.1, -0.05) is 0 Å². The Balaban J connectivity index is 1.67. The smallest absolute Gasteiger partial charge is 0.226 e. The molecule has 1 atom stereocenters. The molecule has 11 nitrogen and oxygen atoms in total. The van der Waals surface area contributed by atoms with Crippen molar-refractivity contribution in [2.24, 2.45) is 0 Å². The van der Waals surface area contributed by atoms with E-state index < -0.39 is 0 Å². The van der Waals surface area contributed by atoms with Crippen LogP contribution in [0, 0.1) is 6.92 Å². The van der Waals surface area contributed by atoms with Crippen molar-refractivity contribution in [3.8, 4) is 23.1 Å². The molecule has 1 aliphatic rings. The van der Waals surface area contributed by atoms with Gasteiger partial charge in [-0.05, 0) is 36.8 Å². The maximum atomic E-state index is 12.7. The molecular weight excluding hydrogens is 414 g/mol. The first-order valence-corrected chi connectivity index (χ1v) is 9.90.